The highest BCUT2D eigenvalue weighted by molar-refractivity contribution is 7.08. The lowest BCUT2D eigenvalue weighted by molar-refractivity contribution is 0.325. The number of hydrogen-bond donors (Lipinski definition) is 1. The molecule has 0 bridgehead atoms. The van der Waals surface area contributed by atoms with E-state index in [2.05, 4.69) is 11.1 Å². The topological polar surface area (TPSA) is 90.4 Å². The number of nitrogens with two attached hydrogens (primary N) is 1. The molecule has 0 radical (unpaired) electrons. The average Bonchev–Trinajstić information content (AvgIpc) is 3.20. The fraction of sp³-hybridized carbons (Fsp3) is 0.158. The van der Waals surface area contributed by atoms with Gasteiger partial charge in [0.2, 0.25) is 5.75 Å². The molecule has 2 N–H and O–H groups in total. The van der Waals surface area contributed by atoms with Gasteiger partial charge in [0.15, 0.2) is 11.5 Å². The summed E-state index contributed by atoms with van der Waals surface area (Å²) in [6.45, 7) is 0. The molecule has 0 fully saturated rings. The molecule has 0 aliphatic rings. The Labute approximate surface area is 155 Å². The summed E-state index contributed by atoms with van der Waals surface area (Å²) in [5, 5.41) is 13.4. The van der Waals surface area contributed by atoms with Crippen LogP contribution in [-0.2, 0) is 0 Å². The number of anilines is 1. The van der Waals surface area contributed by atoms with Gasteiger partial charge in [-0.3, -0.25) is 0 Å². The number of nitrogens with zero attached hydrogens (tertiary/aromatic N) is 2. The number of nitriles is 1. The van der Waals surface area contributed by atoms with Gasteiger partial charge in [-0.1, -0.05) is 0 Å². The molecular weight excluding hydrogens is 350 g/mol. The molecule has 7 heteroatoms. The van der Waals surface area contributed by atoms with Crippen molar-refractivity contribution in [2.45, 2.75) is 0 Å². The van der Waals surface area contributed by atoms with Crippen LogP contribution in [0.4, 0.5) is 5.82 Å². The lowest BCUT2D eigenvalue weighted by atomic mass is 10.00. The number of thiophene rings is 1. The van der Waals surface area contributed by atoms with E-state index in [9.17, 15) is 5.26 Å². The standard InChI is InChI=1S/C19H17N3O3S/c1-23-16-5-4-12(17(24-2)18(16)25-3)15-8-13(11-6-7-26-10-11)14(9-20)19(21)22-15/h4-8,10H,1-3H3,(H2,21,22). The maximum Gasteiger partial charge on any atom is 0.203 e. The van der Waals surface area contributed by atoms with Crippen molar-refractivity contribution in [1.82, 2.24) is 4.98 Å². The summed E-state index contributed by atoms with van der Waals surface area (Å²) in [5.41, 5.74) is 9.34. The number of pyridine rings is 1. The van der Waals surface area contributed by atoms with Crippen LogP contribution in [0.15, 0.2) is 35.0 Å². The van der Waals surface area contributed by atoms with E-state index in [1.807, 2.05) is 29.0 Å². The minimum Gasteiger partial charge on any atom is -0.493 e. The SMILES string of the molecule is COc1ccc(-c2cc(-c3ccsc3)c(C#N)c(N)n2)c(OC)c1OC. The second kappa shape index (κ2) is 7.33. The minimum absolute atomic E-state index is 0.169. The molecule has 3 rings (SSSR count). The van der Waals surface area contributed by atoms with E-state index in [0.29, 0.717) is 34.1 Å². The van der Waals surface area contributed by atoms with Crippen molar-refractivity contribution in [1.29, 1.82) is 5.26 Å². The van der Waals surface area contributed by atoms with Gasteiger partial charge in [0.05, 0.1) is 27.0 Å². The fourth-order valence-electron chi connectivity index (χ4n) is 2.77. The lowest BCUT2D eigenvalue weighted by Crippen LogP contribution is -2.01. The normalized spacial score (nSPS) is 10.2. The van der Waals surface area contributed by atoms with Crippen LogP contribution in [0.25, 0.3) is 22.4 Å². The van der Waals surface area contributed by atoms with Crippen molar-refractivity contribution in [3.05, 3.63) is 40.6 Å². The van der Waals surface area contributed by atoms with E-state index in [0.717, 1.165) is 11.1 Å². The van der Waals surface area contributed by atoms with Crippen LogP contribution < -0.4 is 19.9 Å². The summed E-state index contributed by atoms with van der Waals surface area (Å²) in [6, 6.07) is 9.52. The zero-order chi connectivity index (χ0) is 18.7. The van der Waals surface area contributed by atoms with E-state index in [-0.39, 0.29) is 5.82 Å². The lowest BCUT2D eigenvalue weighted by Gasteiger charge is -2.16. The first-order valence-electron chi connectivity index (χ1n) is 7.67. The molecule has 0 amide bonds. The molecular formula is C19H17N3O3S. The first-order chi connectivity index (χ1) is 12.6. The highest BCUT2D eigenvalue weighted by Crippen LogP contribution is 2.45. The van der Waals surface area contributed by atoms with Crippen molar-refractivity contribution in [2.24, 2.45) is 0 Å². The Morgan fingerprint density at radius 1 is 1.04 bits per heavy atom. The van der Waals surface area contributed by atoms with Crippen LogP contribution >= 0.6 is 11.3 Å². The Bertz CT molecular complexity index is 979. The van der Waals surface area contributed by atoms with Crippen molar-refractivity contribution < 1.29 is 14.2 Å². The van der Waals surface area contributed by atoms with Crippen LogP contribution in [-0.4, -0.2) is 26.3 Å². The van der Waals surface area contributed by atoms with E-state index in [1.165, 1.54) is 0 Å². The van der Waals surface area contributed by atoms with Gasteiger partial charge in [-0.2, -0.15) is 16.6 Å². The smallest absolute Gasteiger partial charge is 0.203 e. The molecule has 0 aliphatic carbocycles. The van der Waals surface area contributed by atoms with Gasteiger partial charge < -0.3 is 19.9 Å². The molecule has 0 spiro atoms. The predicted octanol–water partition coefficient (Wildman–Crippen LogP) is 3.96. The van der Waals surface area contributed by atoms with Gasteiger partial charge >= 0.3 is 0 Å². The highest BCUT2D eigenvalue weighted by atomic mass is 32.1. The number of aromatic nitrogens is 1. The van der Waals surface area contributed by atoms with Gasteiger partial charge in [-0.05, 0) is 40.6 Å². The average molecular weight is 367 g/mol. The first kappa shape index (κ1) is 17.6. The summed E-state index contributed by atoms with van der Waals surface area (Å²) in [6.07, 6.45) is 0. The molecule has 0 aliphatic heterocycles. The first-order valence-corrected chi connectivity index (χ1v) is 8.61. The largest absolute Gasteiger partial charge is 0.493 e. The van der Waals surface area contributed by atoms with Crippen LogP contribution in [0, 0.1) is 11.3 Å². The van der Waals surface area contributed by atoms with Gasteiger partial charge in [-0.15, -0.1) is 0 Å². The molecule has 0 saturated carbocycles. The Balaban J connectivity index is 2.27. The Kier molecular flexibility index (Phi) is 4.96. The highest BCUT2D eigenvalue weighted by Gasteiger charge is 2.20. The number of ether oxygens (including phenoxy) is 3. The van der Waals surface area contributed by atoms with Gasteiger partial charge in [0.25, 0.3) is 0 Å². The van der Waals surface area contributed by atoms with Gasteiger partial charge in [0.1, 0.15) is 17.5 Å². The third-order valence-corrected chi connectivity index (χ3v) is 4.65. The van der Waals surface area contributed by atoms with Gasteiger partial charge in [0, 0.05) is 11.1 Å². The number of nitrogen functional groups attached to an aromatic ring is 1. The summed E-state index contributed by atoms with van der Waals surface area (Å²) in [4.78, 5) is 4.41. The third-order valence-electron chi connectivity index (χ3n) is 3.97. The van der Waals surface area contributed by atoms with Crippen molar-refractivity contribution in [3.63, 3.8) is 0 Å². The van der Waals surface area contributed by atoms with Crippen LogP contribution in [0.2, 0.25) is 0 Å². The molecule has 0 saturated heterocycles. The van der Waals surface area contributed by atoms with Crippen LogP contribution in [0.1, 0.15) is 5.56 Å². The maximum absolute atomic E-state index is 9.48. The Morgan fingerprint density at radius 2 is 1.81 bits per heavy atom. The molecule has 0 atom stereocenters. The molecule has 2 heterocycles. The maximum atomic E-state index is 9.48. The van der Waals surface area contributed by atoms with E-state index >= 15 is 0 Å². The van der Waals surface area contributed by atoms with E-state index < -0.39 is 0 Å². The molecule has 1 aromatic carbocycles. The molecule has 3 aromatic rings. The zero-order valence-electron chi connectivity index (χ0n) is 14.6. The molecule has 26 heavy (non-hydrogen) atoms. The van der Waals surface area contributed by atoms with Crippen molar-refractivity contribution in [3.8, 4) is 45.7 Å². The number of rotatable bonds is 5. The summed E-state index contributed by atoms with van der Waals surface area (Å²) in [7, 11) is 4.65. The Morgan fingerprint density at radius 3 is 2.38 bits per heavy atom. The molecule has 6 nitrogen and oxygen atoms in total. The predicted molar refractivity (Wildman–Crippen MR) is 102 cm³/mol. The quantitative estimate of drug-likeness (QED) is 0.734. The minimum atomic E-state index is 0.169. The number of benzene rings is 1. The third kappa shape index (κ3) is 2.91. The number of hydrogen-bond acceptors (Lipinski definition) is 7. The second-order valence-electron chi connectivity index (χ2n) is 5.32. The molecule has 0 unspecified atom stereocenters. The second-order valence-corrected chi connectivity index (χ2v) is 6.10. The monoisotopic (exact) mass is 367 g/mol. The van der Waals surface area contributed by atoms with Crippen LogP contribution in [0.5, 0.6) is 17.2 Å². The number of methoxy groups -OCH3 is 3. The molecule has 2 aromatic heterocycles. The summed E-state index contributed by atoms with van der Waals surface area (Å²) < 4.78 is 16.3. The summed E-state index contributed by atoms with van der Waals surface area (Å²) >= 11 is 1.55. The van der Waals surface area contributed by atoms with Crippen LogP contribution in [0.3, 0.4) is 0 Å². The molecule has 132 valence electrons. The Hall–Kier alpha value is -3.24. The van der Waals surface area contributed by atoms with E-state index in [1.54, 1.807) is 38.7 Å². The van der Waals surface area contributed by atoms with Crippen molar-refractivity contribution >= 4 is 17.2 Å². The van der Waals surface area contributed by atoms with Gasteiger partial charge in [-0.25, -0.2) is 4.98 Å². The van der Waals surface area contributed by atoms with E-state index in [4.69, 9.17) is 19.9 Å². The zero-order valence-corrected chi connectivity index (χ0v) is 15.4. The fourth-order valence-corrected chi connectivity index (χ4v) is 3.42. The van der Waals surface area contributed by atoms with Crippen molar-refractivity contribution in [2.75, 3.05) is 27.1 Å². The summed E-state index contributed by atoms with van der Waals surface area (Å²) in [5.74, 6) is 1.67.